The second kappa shape index (κ2) is 4.09. The number of carboxylic acid groups (broad SMARTS) is 1. The van der Waals surface area contributed by atoms with Gasteiger partial charge in [0, 0.05) is 11.1 Å². The van der Waals surface area contributed by atoms with Crippen LogP contribution in [0, 0.1) is 26.2 Å². The molecule has 0 aromatic carbocycles. The van der Waals surface area contributed by atoms with Gasteiger partial charge in [-0.2, -0.15) is 5.10 Å². The average Bonchev–Trinajstić information content (AvgIpc) is 2.79. The summed E-state index contributed by atoms with van der Waals surface area (Å²) in [6.07, 6.45) is 2.15. The molecule has 1 spiro atoms. The van der Waals surface area contributed by atoms with Gasteiger partial charge in [-0.1, -0.05) is 0 Å². The van der Waals surface area contributed by atoms with Crippen molar-refractivity contribution in [1.82, 2.24) is 9.78 Å². The van der Waals surface area contributed by atoms with Crippen LogP contribution in [0.3, 0.4) is 0 Å². The number of aromatic nitrogens is 2. The standard InChI is InChI=1S/C16H24N2O3/c1-10-11(2)17-18(12(10)3)16(13(19)20)7-15(8-16)6-14(4,5)21-9-15/h6-9H2,1-5H3,(H,19,20). The summed E-state index contributed by atoms with van der Waals surface area (Å²) < 4.78 is 7.59. The van der Waals surface area contributed by atoms with Crippen molar-refractivity contribution < 1.29 is 14.6 Å². The molecule has 0 unspecified atom stereocenters. The minimum Gasteiger partial charge on any atom is -0.479 e. The van der Waals surface area contributed by atoms with E-state index in [0.717, 1.165) is 23.4 Å². The molecule has 116 valence electrons. The normalized spacial score (nSPS) is 34.1. The molecule has 0 radical (unpaired) electrons. The van der Waals surface area contributed by atoms with Gasteiger partial charge in [-0.3, -0.25) is 4.68 Å². The smallest absolute Gasteiger partial charge is 0.331 e. The van der Waals surface area contributed by atoms with Crippen molar-refractivity contribution >= 4 is 5.97 Å². The lowest BCUT2D eigenvalue weighted by atomic mass is 9.55. The number of ether oxygens (including phenoxy) is 1. The number of rotatable bonds is 2. The van der Waals surface area contributed by atoms with Crippen LogP contribution in [0.5, 0.6) is 0 Å². The lowest BCUT2D eigenvalue weighted by molar-refractivity contribution is -0.164. The molecule has 5 nitrogen and oxygen atoms in total. The van der Waals surface area contributed by atoms with Crippen molar-refractivity contribution in [2.75, 3.05) is 6.61 Å². The Labute approximate surface area is 125 Å². The predicted octanol–water partition coefficient (Wildman–Crippen LogP) is 2.57. The van der Waals surface area contributed by atoms with Gasteiger partial charge in [-0.25, -0.2) is 4.79 Å². The zero-order valence-corrected chi connectivity index (χ0v) is 13.5. The highest BCUT2D eigenvalue weighted by atomic mass is 16.5. The molecule has 1 N–H and O–H groups in total. The van der Waals surface area contributed by atoms with Gasteiger partial charge in [-0.15, -0.1) is 0 Å². The van der Waals surface area contributed by atoms with E-state index in [0.29, 0.717) is 19.4 Å². The highest BCUT2D eigenvalue weighted by molar-refractivity contribution is 5.78. The summed E-state index contributed by atoms with van der Waals surface area (Å²) in [5.41, 5.74) is 1.92. The molecule has 3 rings (SSSR count). The predicted molar refractivity (Wildman–Crippen MR) is 78.4 cm³/mol. The van der Waals surface area contributed by atoms with E-state index in [1.807, 2.05) is 20.8 Å². The van der Waals surface area contributed by atoms with Gasteiger partial charge >= 0.3 is 5.97 Å². The number of hydrogen-bond acceptors (Lipinski definition) is 3. The van der Waals surface area contributed by atoms with E-state index >= 15 is 0 Å². The third-order valence-corrected chi connectivity index (χ3v) is 5.36. The van der Waals surface area contributed by atoms with Gasteiger partial charge < -0.3 is 9.84 Å². The first-order valence-electron chi connectivity index (χ1n) is 7.52. The molecule has 1 aliphatic carbocycles. The summed E-state index contributed by atoms with van der Waals surface area (Å²) in [5, 5.41) is 14.3. The topological polar surface area (TPSA) is 64.4 Å². The molecule has 0 bridgehead atoms. The fourth-order valence-electron chi connectivity index (χ4n) is 4.30. The molecular weight excluding hydrogens is 268 g/mol. The molecule has 0 amide bonds. The molecule has 2 aliphatic rings. The average molecular weight is 292 g/mol. The third-order valence-electron chi connectivity index (χ3n) is 5.36. The maximum Gasteiger partial charge on any atom is 0.331 e. The first-order valence-corrected chi connectivity index (χ1v) is 7.52. The maximum absolute atomic E-state index is 12.0. The van der Waals surface area contributed by atoms with Crippen LogP contribution < -0.4 is 0 Å². The molecule has 1 aromatic rings. The van der Waals surface area contributed by atoms with Crippen molar-refractivity contribution in [3.63, 3.8) is 0 Å². The van der Waals surface area contributed by atoms with Gasteiger partial charge in [-0.05, 0) is 59.4 Å². The number of carboxylic acids is 1. The van der Waals surface area contributed by atoms with Gasteiger partial charge in [0.05, 0.1) is 17.9 Å². The van der Waals surface area contributed by atoms with E-state index in [-0.39, 0.29) is 11.0 Å². The quantitative estimate of drug-likeness (QED) is 0.910. The van der Waals surface area contributed by atoms with E-state index in [9.17, 15) is 9.90 Å². The van der Waals surface area contributed by atoms with Gasteiger partial charge in [0.1, 0.15) is 0 Å². The summed E-state index contributed by atoms with van der Waals surface area (Å²) >= 11 is 0. The van der Waals surface area contributed by atoms with Gasteiger partial charge in [0.15, 0.2) is 5.54 Å². The number of aryl methyl sites for hydroxylation is 1. The van der Waals surface area contributed by atoms with Crippen LogP contribution in [0.1, 0.15) is 50.1 Å². The molecule has 1 saturated heterocycles. The molecule has 5 heteroatoms. The number of aliphatic carboxylic acids is 1. The number of hydrogen-bond donors (Lipinski definition) is 1. The van der Waals surface area contributed by atoms with Crippen molar-refractivity contribution in [1.29, 1.82) is 0 Å². The van der Waals surface area contributed by atoms with E-state index < -0.39 is 11.5 Å². The molecule has 0 atom stereocenters. The van der Waals surface area contributed by atoms with Crippen LogP contribution in [-0.4, -0.2) is 33.1 Å². The zero-order chi connectivity index (χ0) is 15.6. The summed E-state index contributed by atoms with van der Waals surface area (Å²) in [6.45, 7) is 10.7. The Morgan fingerprint density at radius 1 is 1.24 bits per heavy atom. The summed E-state index contributed by atoms with van der Waals surface area (Å²) in [5.74, 6) is -0.775. The van der Waals surface area contributed by atoms with E-state index in [1.165, 1.54) is 0 Å². The second-order valence-corrected chi connectivity index (χ2v) is 7.62. The van der Waals surface area contributed by atoms with Crippen molar-refractivity contribution in [3.05, 3.63) is 17.0 Å². The van der Waals surface area contributed by atoms with E-state index in [2.05, 4.69) is 18.9 Å². The Hall–Kier alpha value is -1.36. The van der Waals surface area contributed by atoms with Crippen molar-refractivity contribution in [2.24, 2.45) is 5.41 Å². The molecule has 2 heterocycles. The Morgan fingerprint density at radius 2 is 1.86 bits per heavy atom. The van der Waals surface area contributed by atoms with Gasteiger partial charge in [0.25, 0.3) is 0 Å². The fraction of sp³-hybridized carbons (Fsp3) is 0.750. The fourth-order valence-corrected chi connectivity index (χ4v) is 4.30. The van der Waals surface area contributed by atoms with E-state index in [1.54, 1.807) is 4.68 Å². The SMILES string of the molecule is Cc1nn(C2(C(=O)O)CC3(COC(C)(C)C3)C2)c(C)c1C. The second-order valence-electron chi connectivity index (χ2n) is 7.62. The summed E-state index contributed by atoms with van der Waals surface area (Å²) in [7, 11) is 0. The first-order chi connectivity index (χ1) is 9.61. The lowest BCUT2D eigenvalue weighted by Crippen LogP contribution is -2.59. The Bertz CT molecular complexity index is 609. The van der Waals surface area contributed by atoms with Crippen LogP contribution in [0.2, 0.25) is 0 Å². The molecule has 2 fully saturated rings. The number of carbonyl (C=O) groups is 1. The Morgan fingerprint density at radius 3 is 2.24 bits per heavy atom. The minimum atomic E-state index is -0.896. The van der Waals surface area contributed by atoms with Crippen LogP contribution >= 0.6 is 0 Å². The van der Waals surface area contributed by atoms with Gasteiger partial charge in [0.2, 0.25) is 0 Å². The summed E-state index contributed by atoms with van der Waals surface area (Å²) in [4.78, 5) is 12.0. The third kappa shape index (κ3) is 1.94. The summed E-state index contributed by atoms with van der Waals surface area (Å²) in [6, 6.07) is 0. The van der Waals surface area contributed by atoms with Crippen molar-refractivity contribution in [2.45, 2.75) is 65.0 Å². The Balaban J connectivity index is 1.95. The molecule has 21 heavy (non-hydrogen) atoms. The molecule has 1 saturated carbocycles. The maximum atomic E-state index is 12.0. The zero-order valence-electron chi connectivity index (χ0n) is 13.5. The molecular formula is C16H24N2O3. The van der Waals surface area contributed by atoms with Crippen molar-refractivity contribution in [3.8, 4) is 0 Å². The highest BCUT2D eigenvalue weighted by Gasteiger charge is 2.65. The van der Waals surface area contributed by atoms with Crippen LogP contribution in [0.4, 0.5) is 0 Å². The first kappa shape index (κ1) is 14.6. The monoisotopic (exact) mass is 292 g/mol. The minimum absolute atomic E-state index is 0.00207. The largest absolute Gasteiger partial charge is 0.479 e. The van der Waals surface area contributed by atoms with Crippen LogP contribution in [-0.2, 0) is 15.1 Å². The lowest BCUT2D eigenvalue weighted by Gasteiger charge is -2.51. The van der Waals surface area contributed by atoms with E-state index in [4.69, 9.17) is 4.74 Å². The molecule has 1 aromatic heterocycles. The highest BCUT2D eigenvalue weighted by Crippen LogP contribution is 2.60. The Kier molecular flexibility index (Phi) is 2.84. The number of nitrogens with zero attached hydrogens (tertiary/aromatic N) is 2. The van der Waals surface area contributed by atoms with Crippen LogP contribution in [0.15, 0.2) is 0 Å². The van der Waals surface area contributed by atoms with Crippen LogP contribution in [0.25, 0.3) is 0 Å². The molecule has 1 aliphatic heterocycles.